The highest BCUT2D eigenvalue weighted by molar-refractivity contribution is 6.06. The van der Waals surface area contributed by atoms with Crippen LogP contribution in [0.2, 0.25) is 0 Å². The fraction of sp³-hybridized carbons (Fsp3) is 0.0909. The van der Waals surface area contributed by atoms with Gasteiger partial charge in [0.05, 0.1) is 6.26 Å². The number of para-hydroxylation sites is 1. The quantitative estimate of drug-likeness (QED) is 0.546. The van der Waals surface area contributed by atoms with Crippen molar-refractivity contribution in [3.63, 3.8) is 0 Å². The molecule has 0 aliphatic rings. The Kier molecular flexibility index (Phi) is 4.45. The van der Waals surface area contributed by atoms with Crippen molar-refractivity contribution in [3.8, 4) is 17.4 Å². The zero-order valence-corrected chi connectivity index (χ0v) is 15.7. The van der Waals surface area contributed by atoms with E-state index in [1.165, 1.54) is 6.26 Å². The van der Waals surface area contributed by atoms with E-state index in [4.69, 9.17) is 14.2 Å². The van der Waals surface area contributed by atoms with E-state index < -0.39 is 5.91 Å². The summed E-state index contributed by atoms with van der Waals surface area (Å²) in [6.07, 6.45) is 1.52. The third kappa shape index (κ3) is 3.17. The number of aryl methyl sites for hydroxylation is 1. The van der Waals surface area contributed by atoms with E-state index in [0.717, 1.165) is 5.56 Å². The minimum Gasteiger partial charge on any atom is -0.464 e. The Hall–Kier alpha value is -4.18. The van der Waals surface area contributed by atoms with Crippen molar-refractivity contribution >= 4 is 22.7 Å². The third-order valence-corrected chi connectivity index (χ3v) is 4.72. The van der Waals surface area contributed by atoms with Crippen LogP contribution in [0, 0.1) is 30.6 Å². The van der Waals surface area contributed by atoms with Crippen LogP contribution in [0.4, 0.5) is 5.82 Å². The monoisotopic (exact) mass is 384 g/mol. The number of aromatic nitrogens is 1. The van der Waals surface area contributed by atoms with Crippen LogP contribution in [0.1, 0.15) is 27.2 Å². The molecule has 2 N–H and O–H groups in total. The fourth-order valence-corrected chi connectivity index (χ4v) is 3.14. The summed E-state index contributed by atoms with van der Waals surface area (Å²) < 4.78 is 10.9. The summed E-state index contributed by atoms with van der Waals surface area (Å²) in [5.74, 6) is 0.0450. The largest absolute Gasteiger partial charge is 0.464 e. The van der Waals surface area contributed by atoms with Gasteiger partial charge in [-0.1, -0.05) is 18.2 Å². The van der Waals surface area contributed by atoms with E-state index >= 15 is 0 Å². The minimum atomic E-state index is -0.581. The number of amides is 1. The summed E-state index contributed by atoms with van der Waals surface area (Å²) >= 11 is 0. The van der Waals surface area contributed by atoms with E-state index in [0.29, 0.717) is 28.0 Å². The molecule has 3 aromatic heterocycles. The van der Waals surface area contributed by atoms with Crippen molar-refractivity contribution in [1.29, 1.82) is 10.7 Å². The van der Waals surface area contributed by atoms with Gasteiger partial charge in [-0.05, 0) is 43.7 Å². The molecule has 0 aliphatic carbocycles. The maximum absolute atomic E-state index is 12.9. The van der Waals surface area contributed by atoms with Gasteiger partial charge >= 0.3 is 0 Å². The molecule has 0 bridgehead atoms. The van der Waals surface area contributed by atoms with E-state index in [9.17, 15) is 10.1 Å². The topological polar surface area (TPSA) is 116 Å². The lowest BCUT2D eigenvalue weighted by Gasteiger charge is -2.14. The second-order valence-electron chi connectivity index (χ2n) is 6.49. The first-order valence-electron chi connectivity index (χ1n) is 8.83. The molecule has 0 radical (unpaired) electrons. The maximum atomic E-state index is 12.9. The number of benzene rings is 1. The summed E-state index contributed by atoms with van der Waals surface area (Å²) in [5, 5.41) is 21.2. The number of anilines is 1. The van der Waals surface area contributed by atoms with Gasteiger partial charge in [0, 0.05) is 16.6 Å². The van der Waals surface area contributed by atoms with Gasteiger partial charge in [0.2, 0.25) is 5.55 Å². The summed E-state index contributed by atoms with van der Waals surface area (Å²) in [6.45, 7) is 3.64. The highest BCUT2D eigenvalue weighted by Crippen LogP contribution is 2.33. The molecule has 0 aliphatic heterocycles. The molecule has 1 aromatic carbocycles. The molecule has 0 saturated heterocycles. The van der Waals surface area contributed by atoms with Gasteiger partial charge in [0.15, 0.2) is 5.82 Å². The first-order valence-corrected chi connectivity index (χ1v) is 8.83. The van der Waals surface area contributed by atoms with Crippen molar-refractivity contribution in [1.82, 2.24) is 4.98 Å². The van der Waals surface area contributed by atoms with Crippen molar-refractivity contribution < 1.29 is 13.6 Å². The lowest BCUT2D eigenvalue weighted by molar-refractivity contribution is 0.102. The number of carbonyl (C=O) groups excluding carboxylic acids is 1. The Morgan fingerprint density at radius 2 is 2.00 bits per heavy atom. The van der Waals surface area contributed by atoms with E-state index in [1.54, 1.807) is 43.3 Å². The molecular weight excluding hydrogens is 368 g/mol. The van der Waals surface area contributed by atoms with Gasteiger partial charge in [0.1, 0.15) is 28.5 Å². The molecule has 29 heavy (non-hydrogen) atoms. The van der Waals surface area contributed by atoms with Crippen LogP contribution in [0.5, 0.6) is 0 Å². The molecule has 0 fully saturated rings. The van der Waals surface area contributed by atoms with Gasteiger partial charge in [-0.25, -0.2) is 4.98 Å². The number of nitrogens with zero attached hydrogens (tertiary/aromatic N) is 2. The molecule has 0 atom stereocenters. The van der Waals surface area contributed by atoms with Crippen molar-refractivity contribution in [2.75, 3.05) is 5.32 Å². The predicted octanol–water partition coefficient (Wildman–Crippen LogP) is 4.31. The number of pyridine rings is 1. The van der Waals surface area contributed by atoms with Crippen molar-refractivity contribution in [2.45, 2.75) is 13.8 Å². The third-order valence-electron chi connectivity index (χ3n) is 4.72. The SMILES string of the molecule is Cc1nc(NC(=O)c2cc3ccccc3oc2=N)c(C#N)c(-c2ccco2)c1C. The minimum absolute atomic E-state index is 0.0483. The number of nitriles is 1. The number of hydrogen-bond donors (Lipinski definition) is 2. The average Bonchev–Trinajstić information content (AvgIpc) is 3.24. The Labute approximate surface area is 165 Å². The molecule has 0 spiro atoms. The zero-order valence-electron chi connectivity index (χ0n) is 15.7. The van der Waals surface area contributed by atoms with Crippen LogP contribution < -0.4 is 10.9 Å². The van der Waals surface area contributed by atoms with Gasteiger partial charge in [0.25, 0.3) is 5.91 Å². The number of fused-ring (bicyclic) bond motifs is 1. The number of furan rings is 1. The molecule has 1 amide bonds. The molecule has 7 nitrogen and oxygen atoms in total. The Balaban J connectivity index is 1.81. The lowest BCUT2D eigenvalue weighted by Crippen LogP contribution is -2.22. The van der Waals surface area contributed by atoms with Crippen LogP contribution in [0.25, 0.3) is 22.3 Å². The lowest BCUT2D eigenvalue weighted by atomic mass is 10.00. The van der Waals surface area contributed by atoms with Crippen LogP contribution in [0.15, 0.2) is 57.6 Å². The van der Waals surface area contributed by atoms with Gasteiger partial charge in [-0.2, -0.15) is 5.26 Å². The first-order chi connectivity index (χ1) is 14.0. The van der Waals surface area contributed by atoms with Gasteiger partial charge < -0.3 is 14.2 Å². The molecule has 0 saturated carbocycles. The summed E-state index contributed by atoms with van der Waals surface area (Å²) in [7, 11) is 0. The van der Waals surface area contributed by atoms with Crippen LogP contribution in [-0.2, 0) is 0 Å². The van der Waals surface area contributed by atoms with Crippen LogP contribution >= 0.6 is 0 Å². The Morgan fingerprint density at radius 3 is 2.72 bits per heavy atom. The zero-order chi connectivity index (χ0) is 20.5. The van der Waals surface area contributed by atoms with Crippen molar-refractivity contribution in [2.24, 2.45) is 0 Å². The molecule has 4 aromatic rings. The molecule has 142 valence electrons. The summed E-state index contributed by atoms with van der Waals surface area (Å²) in [4.78, 5) is 17.3. The standard InChI is InChI=1S/C22H16N4O3/c1-12-13(2)25-21(16(11-23)19(12)18-8-5-9-28-18)26-22(27)15-10-14-6-3-4-7-17(14)29-20(15)24/h3-10,24H,1-2H3,(H,25,26,27). The number of hydrogen-bond acceptors (Lipinski definition) is 6. The molecular formula is C22H16N4O3. The summed E-state index contributed by atoms with van der Waals surface area (Å²) in [5.41, 5.74) is 2.50. The first kappa shape index (κ1) is 18.2. The summed E-state index contributed by atoms with van der Waals surface area (Å²) in [6, 6.07) is 14.3. The van der Waals surface area contributed by atoms with Gasteiger partial charge in [-0.3, -0.25) is 10.2 Å². The fourth-order valence-electron chi connectivity index (χ4n) is 3.14. The molecule has 4 rings (SSSR count). The van der Waals surface area contributed by atoms with Gasteiger partial charge in [-0.15, -0.1) is 0 Å². The smallest absolute Gasteiger partial charge is 0.262 e. The maximum Gasteiger partial charge on any atom is 0.262 e. The predicted molar refractivity (Wildman–Crippen MR) is 106 cm³/mol. The second-order valence-corrected chi connectivity index (χ2v) is 6.49. The Bertz CT molecular complexity index is 1350. The number of nitrogens with one attached hydrogen (secondary N) is 2. The number of carbonyl (C=O) groups is 1. The van der Waals surface area contributed by atoms with Crippen LogP contribution in [0.3, 0.4) is 0 Å². The van der Waals surface area contributed by atoms with Crippen molar-refractivity contribution in [3.05, 3.63) is 76.7 Å². The molecule has 0 unspecified atom stereocenters. The Morgan fingerprint density at radius 1 is 1.21 bits per heavy atom. The highest BCUT2D eigenvalue weighted by atomic mass is 16.3. The van der Waals surface area contributed by atoms with Crippen LogP contribution in [-0.4, -0.2) is 10.9 Å². The second kappa shape index (κ2) is 7.09. The average molecular weight is 384 g/mol. The number of rotatable bonds is 3. The molecule has 3 heterocycles. The normalized spacial score (nSPS) is 10.7. The van der Waals surface area contributed by atoms with E-state index in [1.807, 2.05) is 13.0 Å². The highest BCUT2D eigenvalue weighted by Gasteiger charge is 2.21. The van der Waals surface area contributed by atoms with E-state index in [-0.39, 0.29) is 22.5 Å². The van der Waals surface area contributed by atoms with E-state index in [2.05, 4.69) is 16.4 Å². The molecule has 7 heteroatoms.